The molecule has 3 rings (SSSR count). The van der Waals surface area contributed by atoms with Crippen LogP contribution in [-0.2, 0) is 6.18 Å². The van der Waals surface area contributed by atoms with E-state index in [9.17, 15) is 18.0 Å². The van der Waals surface area contributed by atoms with Gasteiger partial charge in [0.15, 0.2) is 5.69 Å². The molecule has 1 fully saturated rings. The SMILES string of the molecule is O=C(NCC1CC1)c1coc(-c2ccc(C(F)(F)F)cc2)n1. The molecule has 1 aromatic carbocycles. The fraction of sp³-hybridized carbons (Fsp3) is 0.333. The Labute approximate surface area is 124 Å². The quantitative estimate of drug-likeness (QED) is 0.940. The van der Waals surface area contributed by atoms with Crippen LogP contribution in [0.1, 0.15) is 28.9 Å². The van der Waals surface area contributed by atoms with Crippen molar-refractivity contribution in [3.05, 3.63) is 41.8 Å². The molecule has 0 unspecified atom stereocenters. The van der Waals surface area contributed by atoms with Gasteiger partial charge in [0.05, 0.1) is 5.56 Å². The highest BCUT2D eigenvalue weighted by atomic mass is 19.4. The molecule has 1 N–H and O–H groups in total. The molecular weight excluding hydrogens is 297 g/mol. The number of rotatable bonds is 4. The molecule has 4 nitrogen and oxygen atoms in total. The minimum absolute atomic E-state index is 0.116. The molecule has 116 valence electrons. The molecule has 0 bridgehead atoms. The van der Waals surface area contributed by atoms with Gasteiger partial charge in [-0.25, -0.2) is 4.98 Å². The van der Waals surface area contributed by atoms with Gasteiger partial charge in [-0.2, -0.15) is 13.2 Å². The van der Waals surface area contributed by atoms with Gasteiger partial charge in [-0.15, -0.1) is 0 Å². The molecule has 1 saturated carbocycles. The summed E-state index contributed by atoms with van der Waals surface area (Å²) in [5, 5.41) is 2.74. The number of hydrogen-bond donors (Lipinski definition) is 1. The molecule has 1 aliphatic carbocycles. The summed E-state index contributed by atoms with van der Waals surface area (Å²) in [6, 6.07) is 4.43. The number of benzene rings is 1. The van der Waals surface area contributed by atoms with E-state index in [0.717, 1.165) is 25.0 Å². The lowest BCUT2D eigenvalue weighted by Gasteiger charge is -2.06. The molecule has 0 saturated heterocycles. The van der Waals surface area contributed by atoms with Gasteiger partial charge in [0, 0.05) is 12.1 Å². The lowest BCUT2D eigenvalue weighted by molar-refractivity contribution is -0.137. The van der Waals surface area contributed by atoms with Crippen LogP contribution in [0.3, 0.4) is 0 Å². The normalized spacial score (nSPS) is 14.9. The molecular formula is C15H13F3N2O2. The summed E-state index contributed by atoms with van der Waals surface area (Å²) >= 11 is 0. The van der Waals surface area contributed by atoms with Crippen molar-refractivity contribution in [3.63, 3.8) is 0 Å². The summed E-state index contributed by atoms with van der Waals surface area (Å²) in [5.74, 6) is 0.323. The predicted octanol–water partition coefficient (Wildman–Crippen LogP) is 3.50. The number of hydrogen-bond acceptors (Lipinski definition) is 3. The summed E-state index contributed by atoms with van der Waals surface area (Å²) in [7, 11) is 0. The van der Waals surface area contributed by atoms with Crippen molar-refractivity contribution in [2.24, 2.45) is 5.92 Å². The second-order valence-electron chi connectivity index (χ2n) is 5.27. The zero-order valence-corrected chi connectivity index (χ0v) is 11.5. The van der Waals surface area contributed by atoms with Crippen molar-refractivity contribution in [1.82, 2.24) is 10.3 Å². The van der Waals surface area contributed by atoms with Crippen LogP contribution in [0.5, 0.6) is 0 Å². The van der Waals surface area contributed by atoms with Crippen LogP contribution in [0.2, 0.25) is 0 Å². The molecule has 0 atom stereocenters. The minimum Gasteiger partial charge on any atom is -0.444 e. The van der Waals surface area contributed by atoms with Crippen LogP contribution >= 0.6 is 0 Å². The van der Waals surface area contributed by atoms with E-state index in [1.165, 1.54) is 18.4 Å². The fourth-order valence-corrected chi connectivity index (χ4v) is 1.96. The minimum atomic E-state index is -4.39. The highest BCUT2D eigenvalue weighted by Crippen LogP contribution is 2.31. The van der Waals surface area contributed by atoms with Gasteiger partial charge >= 0.3 is 6.18 Å². The molecule has 1 aromatic heterocycles. The van der Waals surface area contributed by atoms with Crippen LogP contribution in [0, 0.1) is 5.92 Å². The maximum absolute atomic E-state index is 12.5. The summed E-state index contributed by atoms with van der Waals surface area (Å²) in [6.07, 6.45) is -0.940. The maximum Gasteiger partial charge on any atom is 0.416 e. The number of nitrogens with zero attached hydrogens (tertiary/aromatic N) is 1. The maximum atomic E-state index is 12.5. The Morgan fingerprint density at radius 1 is 1.27 bits per heavy atom. The molecule has 1 heterocycles. The Hall–Kier alpha value is -2.31. The monoisotopic (exact) mass is 310 g/mol. The summed E-state index contributed by atoms with van der Waals surface area (Å²) in [6.45, 7) is 0.612. The van der Waals surface area contributed by atoms with Crippen molar-refractivity contribution in [2.45, 2.75) is 19.0 Å². The number of halogens is 3. The highest BCUT2D eigenvalue weighted by Gasteiger charge is 2.30. The number of carbonyl (C=O) groups excluding carboxylic acids is 1. The molecule has 1 aliphatic rings. The van der Waals surface area contributed by atoms with E-state index in [4.69, 9.17) is 4.42 Å². The molecule has 2 aromatic rings. The number of amides is 1. The topological polar surface area (TPSA) is 55.1 Å². The second-order valence-corrected chi connectivity index (χ2v) is 5.27. The zero-order valence-electron chi connectivity index (χ0n) is 11.5. The molecule has 0 aliphatic heterocycles. The van der Waals surface area contributed by atoms with E-state index in [0.29, 0.717) is 18.0 Å². The van der Waals surface area contributed by atoms with Crippen LogP contribution in [-0.4, -0.2) is 17.4 Å². The Morgan fingerprint density at radius 2 is 1.95 bits per heavy atom. The lowest BCUT2D eigenvalue weighted by Crippen LogP contribution is -2.25. The Balaban J connectivity index is 1.71. The first-order valence-electron chi connectivity index (χ1n) is 6.85. The first kappa shape index (κ1) is 14.6. The number of alkyl halides is 3. The first-order chi connectivity index (χ1) is 10.4. The van der Waals surface area contributed by atoms with Gasteiger partial charge in [-0.1, -0.05) is 0 Å². The Morgan fingerprint density at radius 3 is 2.55 bits per heavy atom. The van der Waals surface area contributed by atoms with Crippen molar-refractivity contribution in [3.8, 4) is 11.5 Å². The molecule has 0 spiro atoms. The lowest BCUT2D eigenvalue weighted by atomic mass is 10.1. The largest absolute Gasteiger partial charge is 0.444 e. The fourth-order valence-electron chi connectivity index (χ4n) is 1.96. The van der Waals surface area contributed by atoms with Crippen LogP contribution in [0.4, 0.5) is 13.2 Å². The van der Waals surface area contributed by atoms with Gasteiger partial charge in [0.25, 0.3) is 5.91 Å². The summed E-state index contributed by atoms with van der Waals surface area (Å²) < 4.78 is 42.7. The van der Waals surface area contributed by atoms with Gasteiger partial charge in [-0.3, -0.25) is 4.79 Å². The zero-order chi connectivity index (χ0) is 15.7. The van der Waals surface area contributed by atoms with Crippen LogP contribution in [0.25, 0.3) is 11.5 Å². The first-order valence-corrected chi connectivity index (χ1v) is 6.85. The standard InChI is InChI=1S/C15H13F3N2O2/c16-15(17,18)11-5-3-10(4-6-11)14-20-12(8-22-14)13(21)19-7-9-1-2-9/h3-6,8-9H,1-2,7H2,(H,19,21). The van der Waals surface area contributed by atoms with E-state index >= 15 is 0 Å². The number of aromatic nitrogens is 1. The van der Waals surface area contributed by atoms with Gasteiger partial charge in [0.2, 0.25) is 5.89 Å². The van der Waals surface area contributed by atoms with Gasteiger partial charge in [-0.05, 0) is 43.0 Å². The molecule has 1 amide bonds. The van der Waals surface area contributed by atoms with Crippen LogP contribution in [0.15, 0.2) is 34.9 Å². The van der Waals surface area contributed by atoms with Crippen molar-refractivity contribution in [2.75, 3.05) is 6.54 Å². The van der Waals surface area contributed by atoms with E-state index in [1.807, 2.05) is 0 Å². The third kappa shape index (κ3) is 3.29. The van der Waals surface area contributed by atoms with E-state index in [-0.39, 0.29) is 17.5 Å². The second kappa shape index (κ2) is 5.47. The number of nitrogens with one attached hydrogen (secondary N) is 1. The number of oxazole rings is 1. The van der Waals surface area contributed by atoms with E-state index in [1.54, 1.807) is 0 Å². The van der Waals surface area contributed by atoms with Crippen LogP contribution < -0.4 is 5.32 Å². The van der Waals surface area contributed by atoms with Crippen molar-refractivity contribution >= 4 is 5.91 Å². The summed E-state index contributed by atoms with van der Waals surface area (Å²) in [5.41, 5.74) is -0.241. The predicted molar refractivity (Wildman–Crippen MR) is 72.0 cm³/mol. The van der Waals surface area contributed by atoms with Crippen molar-refractivity contribution < 1.29 is 22.4 Å². The highest BCUT2D eigenvalue weighted by molar-refractivity contribution is 5.92. The molecule has 0 radical (unpaired) electrons. The number of carbonyl (C=O) groups is 1. The summed E-state index contributed by atoms with van der Waals surface area (Å²) in [4.78, 5) is 15.8. The smallest absolute Gasteiger partial charge is 0.416 e. The van der Waals surface area contributed by atoms with Gasteiger partial charge in [0.1, 0.15) is 6.26 Å². The Kier molecular flexibility index (Phi) is 3.64. The van der Waals surface area contributed by atoms with Gasteiger partial charge < -0.3 is 9.73 Å². The third-order valence-corrected chi connectivity index (χ3v) is 3.44. The molecule has 22 heavy (non-hydrogen) atoms. The third-order valence-electron chi connectivity index (χ3n) is 3.44. The average Bonchev–Trinajstić information content (AvgIpc) is 3.18. The molecule has 7 heteroatoms. The van der Waals surface area contributed by atoms with Crippen molar-refractivity contribution in [1.29, 1.82) is 0 Å². The Bertz CT molecular complexity index is 673. The van der Waals surface area contributed by atoms with E-state index < -0.39 is 11.7 Å². The average molecular weight is 310 g/mol. The van der Waals surface area contributed by atoms with E-state index in [2.05, 4.69) is 10.3 Å².